The van der Waals surface area contributed by atoms with Gasteiger partial charge in [-0.1, -0.05) is 19.9 Å². The number of benzene rings is 1. The highest BCUT2D eigenvalue weighted by Gasteiger charge is 2.13. The first-order valence-electron chi connectivity index (χ1n) is 6.22. The van der Waals surface area contributed by atoms with Crippen LogP contribution in [0.1, 0.15) is 25.0 Å². The minimum Gasteiger partial charge on any atom is -0.478 e. The molecule has 0 aromatic heterocycles. The van der Waals surface area contributed by atoms with E-state index in [0.717, 1.165) is 11.6 Å². The van der Waals surface area contributed by atoms with E-state index < -0.39 is 16.0 Å². The molecule has 1 aromatic carbocycles. The number of aliphatic carboxylic acids is 1. The minimum absolute atomic E-state index is 0.0318. The van der Waals surface area contributed by atoms with Crippen molar-refractivity contribution in [3.05, 3.63) is 35.4 Å². The maximum Gasteiger partial charge on any atom is 0.328 e. The predicted molar refractivity (Wildman–Crippen MR) is 80.1 cm³/mol. The summed E-state index contributed by atoms with van der Waals surface area (Å²) in [7, 11) is -3.39. The Morgan fingerprint density at radius 1 is 1.40 bits per heavy atom. The highest BCUT2D eigenvalue weighted by molar-refractivity contribution is 7.92. The van der Waals surface area contributed by atoms with Gasteiger partial charge in [0.15, 0.2) is 0 Å². The molecule has 110 valence electrons. The number of carboxylic acids is 1. The second kappa shape index (κ2) is 6.56. The van der Waals surface area contributed by atoms with Crippen LogP contribution < -0.4 is 4.72 Å². The number of carboxylic acid groups (broad SMARTS) is 1. The van der Waals surface area contributed by atoms with Crippen molar-refractivity contribution >= 4 is 27.8 Å². The summed E-state index contributed by atoms with van der Waals surface area (Å²) >= 11 is 0. The summed E-state index contributed by atoms with van der Waals surface area (Å²) in [6.45, 7) is 5.48. The van der Waals surface area contributed by atoms with Gasteiger partial charge in [0.25, 0.3) is 0 Å². The third-order valence-corrected chi connectivity index (χ3v) is 4.16. The summed E-state index contributed by atoms with van der Waals surface area (Å²) in [5, 5.41) is 8.62. The number of rotatable bonds is 6. The van der Waals surface area contributed by atoms with Gasteiger partial charge in [-0.3, -0.25) is 4.72 Å². The SMILES string of the molecule is Cc1ccc(NS(=O)(=O)CC(C)C)cc1C=CC(=O)O. The fourth-order valence-electron chi connectivity index (χ4n) is 1.70. The number of nitrogens with one attached hydrogen (secondary N) is 1. The van der Waals surface area contributed by atoms with Gasteiger partial charge in [0.1, 0.15) is 0 Å². The van der Waals surface area contributed by atoms with Crippen molar-refractivity contribution in [2.75, 3.05) is 10.5 Å². The molecule has 0 heterocycles. The van der Waals surface area contributed by atoms with Gasteiger partial charge in [0, 0.05) is 11.8 Å². The van der Waals surface area contributed by atoms with Gasteiger partial charge >= 0.3 is 5.97 Å². The molecule has 0 spiro atoms. The molecule has 2 N–H and O–H groups in total. The predicted octanol–water partition coefficient (Wildman–Crippen LogP) is 2.49. The van der Waals surface area contributed by atoms with Crippen molar-refractivity contribution in [3.63, 3.8) is 0 Å². The molecule has 1 rings (SSSR count). The summed E-state index contributed by atoms with van der Waals surface area (Å²) in [6, 6.07) is 5.02. The van der Waals surface area contributed by atoms with Crippen LogP contribution in [0.25, 0.3) is 6.08 Å². The Labute approximate surface area is 119 Å². The van der Waals surface area contributed by atoms with E-state index in [4.69, 9.17) is 5.11 Å². The van der Waals surface area contributed by atoms with Crippen LogP contribution in [0.4, 0.5) is 5.69 Å². The highest BCUT2D eigenvalue weighted by Crippen LogP contribution is 2.18. The molecule has 0 atom stereocenters. The van der Waals surface area contributed by atoms with E-state index >= 15 is 0 Å². The van der Waals surface area contributed by atoms with Crippen LogP contribution in [0.15, 0.2) is 24.3 Å². The first-order valence-corrected chi connectivity index (χ1v) is 7.87. The quantitative estimate of drug-likeness (QED) is 0.790. The molecule has 0 radical (unpaired) electrons. The van der Waals surface area contributed by atoms with Crippen molar-refractivity contribution in [3.8, 4) is 0 Å². The Hall–Kier alpha value is -1.82. The lowest BCUT2D eigenvalue weighted by Crippen LogP contribution is -2.20. The van der Waals surface area contributed by atoms with Crippen LogP contribution in [-0.4, -0.2) is 25.2 Å². The second-order valence-electron chi connectivity index (χ2n) is 5.02. The summed E-state index contributed by atoms with van der Waals surface area (Å²) in [5.41, 5.74) is 1.97. The molecule has 0 aliphatic carbocycles. The van der Waals surface area contributed by atoms with Crippen molar-refractivity contribution in [2.45, 2.75) is 20.8 Å². The second-order valence-corrected chi connectivity index (χ2v) is 6.79. The molecular weight excluding hydrogens is 278 g/mol. The molecular formula is C14H19NO4S. The van der Waals surface area contributed by atoms with Crippen LogP contribution in [0.2, 0.25) is 0 Å². The molecule has 0 aliphatic heterocycles. The van der Waals surface area contributed by atoms with E-state index in [9.17, 15) is 13.2 Å². The highest BCUT2D eigenvalue weighted by atomic mass is 32.2. The first-order chi connectivity index (χ1) is 9.19. The zero-order valence-electron chi connectivity index (χ0n) is 11.8. The molecule has 1 aromatic rings. The smallest absolute Gasteiger partial charge is 0.328 e. The average molecular weight is 297 g/mol. The fourth-order valence-corrected chi connectivity index (χ4v) is 3.15. The Bertz CT molecular complexity index is 618. The number of anilines is 1. The molecule has 0 bridgehead atoms. The summed E-state index contributed by atoms with van der Waals surface area (Å²) in [6.07, 6.45) is 2.46. The summed E-state index contributed by atoms with van der Waals surface area (Å²) < 4.78 is 26.2. The Balaban J connectivity index is 2.98. The third kappa shape index (κ3) is 5.44. The van der Waals surface area contributed by atoms with Crippen LogP contribution in [0.3, 0.4) is 0 Å². The normalized spacial score (nSPS) is 12.0. The maximum atomic E-state index is 11.8. The molecule has 20 heavy (non-hydrogen) atoms. The monoisotopic (exact) mass is 297 g/mol. The summed E-state index contributed by atoms with van der Waals surface area (Å²) in [4.78, 5) is 10.5. The van der Waals surface area contributed by atoms with Gasteiger partial charge in [0.05, 0.1) is 5.75 Å². The van der Waals surface area contributed by atoms with Gasteiger partial charge in [-0.25, -0.2) is 13.2 Å². The molecule has 0 fully saturated rings. The van der Waals surface area contributed by atoms with Gasteiger partial charge in [-0.2, -0.15) is 0 Å². The van der Waals surface area contributed by atoms with Crippen LogP contribution in [-0.2, 0) is 14.8 Å². The Morgan fingerprint density at radius 2 is 2.05 bits per heavy atom. The zero-order chi connectivity index (χ0) is 15.3. The standard InChI is InChI=1S/C14H19NO4S/c1-10(2)9-20(18,19)15-13-6-4-11(3)12(8-13)5-7-14(16)17/h4-8,10,15H,9H2,1-3H3,(H,16,17). The van der Waals surface area contributed by atoms with E-state index in [2.05, 4.69) is 4.72 Å². The maximum absolute atomic E-state index is 11.8. The lowest BCUT2D eigenvalue weighted by atomic mass is 10.1. The zero-order valence-corrected chi connectivity index (χ0v) is 12.6. The van der Waals surface area contributed by atoms with Crippen molar-refractivity contribution in [1.29, 1.82) is 0 Å². The van der Waals surface area contributed by atoms with Crippen molar-refractivity contribution in [2.24, 2.45) is 5.92 Å². The first kappa shape index (κ1) is 16.2. The lowest BCUT2D eigenvalue weighted by Gasteiger charge is -2.11. The molecule has 0 unspecified atom stereocenters. The Morgan fingerprint density at radius 3 is 2.60 bits per heavy atom. The van der Waals surface area contributed by atoms with Gasteiger partial charge in [0.2, 0.25) is 10.0 Å². The Kier molecular flexibility index (Phi) is 5.33. The van der Waals surface area contributed by atoms with Crippen molar-refractivity contribution < 1.29 is 18.3 Å². The number of aryl methyl sites for hydroxylation is 1. The van der Waals surface area contributed by atoms with Crippen LogP contribution >= 0.6 is 0 Å². The number of hydrogen-bond donors (Lipinski definition) is 2. The number of sulfonamides is 1. The van der Waals surface area contributed by atoms with E-state index in [1.54, 1.807) is 18.2 Å². The van der Waals surface area contributed by atoms with Crippen LogP contribution in [0.5, 0.6) is 0 Å². The van der Waals surface area contributed by atoms with Crippen molar-refractivity contribution in [1.82, 2.24) is 0 Å². The van der Waals surface area contributed by atoms with E-state index in [-0.39, 0.29) is 11.7 Å². The fraction of sp³-hybridized carbons (Fsp3) is 0.357. The number of hydrogen-bond acceptors (Lipinski definition) is 3. The summed E-state index contributed by atoms with van der Waals surface area (Å²) in [5.74, 6) is -0.972. The molecule has 0 aliphatic rings. The molecule has 6 heteroatoms. The average Bonchev–Trinajstić information content (AvgIpc) is 2.27. The molecule has 0 amide bonds. The molecule has 0 saturated heterocycles. The number of carbonyl (C=O) groups is 1. The minimum atomic E-state index is -3.39. The van der Waals surface area contributed by atoms with E-state index in [0.29, 0.717) is 11.3 Å². The van der Waals surface area contributed by atoms with Gasteiger partial charge in [-0.05, 0) is 42.2 Å². The van der Waals surface area contributed by atoms with Crippen LogP contribution in [0, 0.1) is 12.8 Å². The third-order valence-electron chi connectivity index (χ3n) is 2.51. The molecule has 0 saturated carbocycles. The topological polar surface area (TPSA) is 83.5 Å². The van der Waals surface area contributed by atoms with Gasteiger partial charge < -0.3 is 5.11 Å². The lowest BCUT2D eigenvalue weighted by molar-refractivity contribution is -0.131. The molecule has 5 nitrogen and oxygen atoms in total. The largest absolute Gasteiger partial charge is 0.478 e. The van der Waals surface area contributed by atoms with Gasteiger partial charge in [-0.15, -0.1) is 0 Å². The van der Waals surface area contributed by atoms with E-state index in [1.165, 1.54) is 6.08 Å². The van der Waals surface area contributed by atoms with E-state index in [1.807, 2.05) is 20.8 Å².